The molecule has 1 aromatic heterocycles. The van der Waals surface area contributed by atoms with E-state index in [1.165, 1.54) is 12.7 Å². The summed E-state index contributed by atoms with van der Waals surface area (Å²) in [6, 6.07) is 2.51. The van der Waals surface area contributed by atoms with Crippen LogP contribution in [0.5, 0.6) is 0 Å². The van der Waals surface area contributed by atoms with Crippen LogP contribution in [-0.2, 0) is 9.53 Å². The standard InChI is InChI=1S/C17H23N3O4/c1-2-23-16(21)14-12(11-20-8-4-3-5-9-20)18-17(22)19-15(14)13-7-6-10-24-13/h6-7,10,15H,2-5,8-9,11H2,1H3,(H2,18,19,22). The lowest BCUT2D eigenvalue weighted by Crippen LogP contribution is -2.48. The number of nitrogens with one attached hydrogen (secondary N) is 2. The minimum atomic E-state index is -0.632. The monoisotopic (exact) mass is 333 g/mol. The van der Waals surface area contributed by atoms with Crippen molar-refractivity contribution in [1.29, 1.82) is 0 Å². The second kappa shape index (κ2) is 7.53. The predicted molar refractivity (Wildman–Crippen MR) is 87.1 cm³/mol. The van der Waals surface area contributed by atoms with E-state index in [4.69, 9.17) is 9.15 Å². The highest BCUT2D eigenvalue weighted by molar-refractivity contribution is 5.95. The maximum absolute atomic E-state index is 12.5. The summed E-state index contributed by atoms with van der Waals surface area (Å²) >= 11 is 0. The van der Waals surface area contributed by atoms with Crippen LogP contribution in [0.2, 0.25) is 0 Å². The number of urea groups is 1. The summed E-state index contributed by atoms with van der Waals surface area (Å²) in [5.74, 6) is 0.0856. The molecule has 1 unspecified atom stereocenters. The van der Waals surface area contributed by atoms with E-state index in [1.54, 1.807) is 19.1 Å². The second-order valence-corrected chi connectivity index (χ2v) is 6.00. The number of rotatable bonds is 5. The first-order chi connectivity index (χ1) is 11.7. The number of ether oxygens (including phenoxy) is 1. The van der Waals surface area contributed by atoms with Gasteiger partial charge in [-0.25, -0.2) is 9.59 Å². The molecule has 0 radical (unpaired) electrons. The Bertz CT molecular complexity index is 618. The molecular weight excluding hydrogens is 310 g/mol. The maximum Gasteiger partial charge on any atom is 0.338 e. The van der Waals surface area contributed by atoms with Gasteiger partial charge in [-0.1, -0.05) is 6.42 Å². The van der Waals surface area contributed by atoms with Gasteiger partial charge in [0, 0.05) is 12.2 Å². The summed E-state index contributed by atoms with van der Waals surface area (Å²) in [7, 11) is 0. The largest absolute Gasteiger partial charge is 0.467 e. The summed E-state index contributed by atoms with van der Waals surface area (Å²) in [5, 5.41) is 5.54. The number of hydrogen-bond donors (Lipinski definition) is 2. The molecular formula is C17H23N3O4. The molecule has 1 atom stereocenters. The van der Waals surface area contributed by atoms with E-state index in [-0.39, 0.29) is 12.6 Å². The third-order valence-electron chi connectivity index (χ3n) is 4.31. The van der Waals surface area contributed by atoms with Gasteiger partial charge < -0.3 is 19.8 Å². The molecule has 7 heteroatoms. The molecule has 130 valence electrons. The van der Waals surface area contributed by atoms with Crippen LogP contribution >= 0.6 is 0 Å². The quantitative estimate of drug-likeness (QED) is 0.805. The zero-order valence-electron chi connectivity index (χ0n) is 13.8. The fraction of sp³-hybridized carbons (Fsp3) is 0.529. The summed E-state index contributed by atoms with van der Waals surface area (Å²) in [5.41, 5.74) is 1.01. The van der Waals surface area contributed by atoms with E-state index in [2.05, 4.69) is 15.5 Å². The lowest BCUT2D eigenvalue weighted by Gasteiger charge is -2.32. The zero-order valence-corrected chi connectivity index (χ0v) is 13.8. The van der Waals surface area contributed by atoms with Crippen LogP contribution in [0.15, 0.2) is 34.1 Å². The fourth-order valence-electron chi connectivity index (χ4n) is 3.20. The van der Waals surface area contributed by atoms with Gasteiger partial charge in [0.05, 0.1) is 18.4 Å². The Morgan fingerprint density at radius 1 is 1.38 bits per heavy atom. The molecule has 3 rings (SSSR count). The first-order valence-electron chi connectivity index (χ1n) is 8.42. The molecule has 0 saturated carbocycles. The molecule has 2 aliphatic rings. The van der Waals surface area contributed by atoms with E-state index in [9.17, 15) is 9.59 Å². The summed E-state index contributed by atoms with van der Waals surface area (Å²) in [6.45, 7) is 4.50. The van der Waals surface area contributed by atoms with Crippen molar-refractivity contribution in [2.24, 2.45) is 0 Å². The third kappa shape index (κ3) is 3.62. The molecule has 2 N–H and O–H groups in total. The van der Waals surface area contributed by atoms with Crippen molar-refractivity contribution >= 4 is 12.0 Å². The number of esters is 1. The minimum Gasteiger partial charge on any atom is -0.467 e. The summed E-state index contributed by atoms with van der Waals surface area (Å²) in [6.07, 6.45) is 5.02. The van der Waals surface area contributed by atoms with Gasteiger partial charge in [-0.2, -0.15) is 0 Å². The second-order valence-electron chi connectivity index (χ2n) is 6.00. The lowest BCUT2D eigenvalue weighted by molar-refractivity contribution is -0.139. The number of carbonyl (C=O) groups excluding carboxylic acids is 2. The van der Waals surface area contributed by atoms with Gasteiger partial charge in [0.1, 0.15) is 11.8 Å². The number of likely N-dealkylation sites (tertiary alicyclic amines) is 1. The van der Waals surface area contributed by atoms with E-state index in [0.29, 0.717) is 23.6 Å². The molecule has 1 saturated heterocycles. The van der Waals surface area contributed by atoms with Gasteiger partial charge in [-0.15, -0.1) is 0 Å². The number of furan rings is 1. The van der Waals surface area contributed by atoms with Crippen LogP contribution in [0.25, 0.3) is 0 Å². The topological polar surface area (TPSA) is 83.8 Å². The molecule has 0 aliphatic carbocycles. The molecule has 0 aromatic carbocycles. The van der Waals surface area contributed by atoms with Gasteiger partial charge in [0.2, 0.25) is 0 Å². The van der Waals surface area contributed by atoms with Crippen molar-refractivity contribution in [2.45, 2.75) is 32.2 Å². The molecule has 7 nitrogen and oxygen atoms in total. The van der Waals surface area contributed by atoms with Gasteiger partial charge in [-0.05, 0) is 45.0 Å². The highest BCUT2D eigenvalue weighted by atomic mass is 16.5. The van der Waals surface area contributed by atoms with E-state index in [0.717, 1.165) is 25.9 Å². The highest BCUT2D eigenvalue weighted by Crippen LogP contribution is 2.28. The molecule has 0 spiro atoms. The highest BCUT2D eigenvalue weighted by Gasteiger charge is 2.35. The third-order valence-corrected chi connectivity index (χ3v) is 4.31. The zero-order chi connectivity index (χ0) is 16.9. The van der Waals surface area contributed by atoms with Gasteiger partial charge in [-0.3, -0.25) is 4.90 Å². The molecule has 2 amide bonds. The van der Waals surface area contributed by atoms with Gasteiger partial charge in [0.25, 0.3) is 0 Å². The number of amides is 2. The van der Waals surface area contributed by atoms with Crippen molar-refractivity contribution in [1.82, 2.24) is 15.5 Å². The van der Waals surface area contributed by atoms with Crippen LogP contribution in [0.3, 0.4) is 0 Å². The molecule has 24 heavy (non-hydrogen) atoms. The number of piperidine rings is 1. The number of carbonyl (C=O) groups is 2. The van der Waals surface area contributed by atoms with Crippen molar-refractivity contribution in [3.8, 4) is 0 Å². The van der Waals surface area contributed by atoms with Gasteiger partial charge in [0.15, 0.2) is 0 Å². The first-order valence-corrected chi connectivity index (χ1v) is 8.42. The van der Waals surface area contributed by atoms with Crippen molar-refractivity contribution in [2.75, 3.05) is 26.2 Å². The Kier molecular flexibility index (Phi) is 5.20. The summed E-state index contributed by atoms with van der Waals surface area (Å²) in [4.78, 5) is 26.9. The van der Waals surface area contributed by atoms with Crippen LogP contribution in [0.1, 0.15) is 38.0 Å². The molecule has 2 aliphatic heterocycles. The Morgan fingerprint density at radius 3 is 2.83 bits per heavy atom. The van der Waals surface area contributed by atoms with E-state index >= 15 is 0 Å². The van der Waals surface area contributed by atoms with Crippen molar-refractivity contribution in [3.63, 3.8) is 0 Å². The average Bonchev–Trinajstić information content (AvgIpc) is 3.10. The fourth-order valence-corrected chi connectivity index (χ4v) is 3.20. The van der Waals surface area contributed by atoms with E-state index in [1.807, 2.05) is 0 Å². The van der Waals surface area contributed by atoms with Crippen molar-refractivity contribution < 1.29 is 18.7 Å². The SMILES string of the molecule is CCOC(=O)C1=C(CN2CCCCC2)NC(=O)NC1c1ccco1. The Hall–Kier alpha value is -2.28. The lowest BCUT2D eigenvalue weighted by atomic mass is 9.99. The molecule has 0 bridgehead atoms. The molecule has 1 aromatic rings. The van der Waals surface area contributed by atoms with Gasteiger partial charge >= 0.3 is 12.0 Å². The smallest absolute Gasteiger partial charge is 0.338 e. The van der Waals surface area contributed by atoms with Crippen LogP contribution in [0, 0.1) is 0 Å². The van der Waals surface area contributed by atoms with Crippen LogP contribution in [-0.4, -0.2) is 43.1 Å². The predicted octanol–water partition coefficient (Wildman–Crippen LogP) is 1.94. The minimum absolute atomic E-state index is 0.276. The molecule has 3 heterocycles. The first kappa shape index (κ1) is 16.6. The summed E-state index contributed by atoms with van der Waals surface area (Å²) < 4.78 is 10.6. The molecule has 1 fully saturated rings. The normalized spacial score (nSPS) is 22.0. The Balaban J connectivity index is 1.93. The number of hydrogen-bond acceptors (Lipinski definition) is 5. The van der Waals surface area contributed by atoms with Crippen LogP contribution < -0.4 is 10.6 Å². The maximum atomic E-state index is 12.5. The van der Waals surface area contributed by atoms with Crippen LogP contribution in [0.4, 0.5) is 4.79 Å². The number of nitrogens with zero attached hydrogens (tertiary/aromatic N) is 1. The Morgan fingerprint density at radius 2 is 2.17 bits per heavy atom. The Labute approximate surface area is 141 Å². The average molecular weight is 333 g/mol. The van der Waals surface area contributed by atoms with Crippen molar-refractivity contribution in [3.05, 3.63) is 35.4 Å². The van der Waals surface area contributed by atoms with E-state index < -0.39 is 12.0 Å².